The second kappa shape index (κ2) is 6.27. The molecule has 4 N–H and O–H groups in total. The lowest BCUT2D eigenvalue weighted by molar-refractivity contribution is -0.146. The van der Waals surface area contributed by atoms with Gasteiger partial charge in [0.2, 0.25) is 0 Å². The number of ether oxygens (including phenoxy) is 1. The van der Waals surface area contributed by atoms with Crippen LogP contribution in [0.5, 0.6) is 0 Å². The van der Waals surface area contributed by atoms with Crippen LogP contribution >= 0.6 is 0 Å². The number of nitrogens with zero attached hydrogens (tertiary/aromatic N) is 4. The van der Waals surface area contributed by atoms with E-state index in [2.05, 4.69) is 15.0 Å². The zero-order valence-corrected chi connectivity index (χ0v) is 14.8. The van der Waals surface area contributed by atoms with Gasteiger partial charge in [0.1, 0.15) is 29.4 Å². The number of carbonyl (C=O) groups excluding carboxylic acids is 1. The van der Waals surface area contributed by atoms with E-state index >= 15 is 0 Å². The van der Waals surface area contributed by atoms with Crippen LogP contribution in [-0.4, -0.2) is 32.1 Å². The van der Waals surface area contributed by atoms with Gasteiger partial charge in [-0.25, -0.2) is 14.8 Å². The van der Waals surface area contributed by atoms with E-state index in [0.29, 0.717) is 34.6 Å². The summed E-state index contributed by atoms with van der Waals surface area (Å²) >= 11 is 0. The number of esters is 1. The summed E-state index contributed by atoms with van der Waals surface area (Å²) in [7, 11) is 0. The van der Waals surface area contributed by atoms with Crippen LogP contribution < -0.4 is 11.5 Å². The molecule has 0 amide bonds. The predicted molar refractivity (Wildman–Crippen MR) is 101 cm³/mol. The van der Waals surface area contributed by atoms with Crippen molar-refractivity contribution in [3.63, 3.8) is 0 Å². The number of benzene rings is 1. The number of anilines is 2. The third-order valence-corrected chi connectivity index (χ3v) is 4.40. The van der Waals surface area contributed by atoms with Crippen molar-refractivity contribution in [2.75, 3.05) is 18.1 Å². The number of nitrogens with two attached hydrogens (primary N) is 2. The van der Waals surface area contributed by atoms with E-state index in [1.54, 1.807) is 24.5 Å². The highest BCUT2D eigenvalue weighted by Gasteiger charge is 2.23. The van der Waals surface area contributed by atoms with E-state index in [4.69, 9.17) is 20.6 Å². The summed E-state index contributed by atoms with van der Waals surface area (Å²) < 4.78 is 12.2. The highest BCUT2D eigenvalue weighted by molar-refractivity contribution is 6.02. The Balaban J connectivity index is 1.93. The van der Waals surface area contributed by atoms with Crippen molar-refractivity contribution in [2.24, 2.45) is 0 Å². The van der Waals surface area contributed by atoms with Crippen molar-refractivity contribution in [1.82, 2.24) is 19.5 Å². The van der Waals surface area contributed by atoms with Crippen LogP contribution in [0, 0.1) is 0 Å². The van der Waals surface area contributed by atoms with Crippen LogP contribution in [-0.2, 0) is 9.53 Å². The first-order valence-corrected chi connectivity index (χ1v) is 8.43. The molecular weight excluding hydrogens is 348 g/mol. The minimum atomic E-state index is -0.568. The average molecular weight is 366 g/mol. The molecule has 1 atom stereocenters. The summed E-state index contributed by atoms with van der Waals surface area (Å²) in [6.07, 6.45) is 3.19. The van der Waals surface area contributed by atoms with Crippen LogP contribution in [0.15, 0.2) is 35.1 Å². The standard InChI is InChI=1S/C18H18N6O3/c1-3-26-17(25)9(2)24-7-11(14-15(19)21-8-22-16(14)24)10-4-5-13-12(6-10)23-18(20)27-13/h4-9H,3H2,1-2H3,(H2,20,23)(H2,19,21,22). The average Bonchev–Trinajstić information content (AvgIpc) is 3.21. The highest BCUT2D eigenvalue weighted by atomic mass is 16.5. The lowest BCUT2D eigenvalue weighted by Gasteiger charge is -2.13. The molecular formula is C18H18N6O3. The largest absolute Gasteiger partial charge is 0.464 e. The molecule has 3 aromatic heterocycles. The highest BCUT2D eigenvalue weighted by Crippen LogP contribution is 2.35. The Morgan fingerprint density at radius 3 is 2.93 bits per heavy atom. The van der Waals surface area contributed by atoms with Gasteiger partial charge in [0.25, 0.3) is 6.01 Å². The first-order valence-electron chi connectivity index (χ1n) is 8.43. The summed E-state index contributed by atoms with van der Waals surface area (Å²) in [6.45, 7) is 3.82. The molecule has 1 aromatic carbocycles. The third kappa shape index (κ3) is 2.73. The van der Waals surface area contributed by atoms with Gasteiger partial charge in [0, 0.05) is 11.8 Å². The first kappa shape index (κ1) is 16.8. The summed E-state index contributed by atoms with van der Waals surface area (Å²) in [5.74, 6) is -0.0255. The minimum absolute atomic E-state index is 0.100. The van der Waals surface area contributed by atoms with Gasteiger partial charge >= 0.3 is 5.97 Å². The first-order chi connectivity index (χ1) is 13.0. The number of aromatic nitrogens is 4. The SMILES string of the molecule is CCOC(=O)C(C)n1cc(-c2ccc3oc(N)nc3c2)c2c(N)ncnc21. The van der Waals surface area contributed by atoms with Crippen molar-refractivity contribution in [3.05, 3.63) is 30.7 Å². The van der Waals surface area contributed by atoms with Gasteiger partial charge in [-0.15, -0.1) is 0 Å². The molecule has 1 unspecified atom stereocenters. The zero-order chi connectivity index (χ0) is 19.1. The molecule has 0 saturated carbocycles. The van der Waals surface area contributed by atoms with Crippen molar-refractivity contribution in [2.45, 2.75) is 19.9 Å². The van der Waals surface area contributed by atoms with E-state index in [0.717, 1.165) is 11.1 Å². The van der Waals surface area contributed by atoms with Gasteiger partial charge < -0.3 is 25.2 Å². The minimum Gasteiger partial charge on any atom is -0.464 e. The maximum atomic E-state index is 12.2. The van der Waals surface area contributed by atoms with E-state index in [9.17, 15) is 4.79 Å². The van der Waals surface area contributed by atoms with E-state index < -0.39 is 6.04 Å². The number of nitrogen functional groups attached to an aromatic ring is 2. The Labute approximate surface area is 154 Å². The van der Waals surface area contributed by atoms with Gasteiger partial charge in [-0.3, -0.25) is 0 Å². The Morgan fingerprint density at radius 2 is 2.15 bits per heavy atom. The molecule has 3 heterocycles. The molecule has 138 valence electrons. The fraction of sp³-hybridized carbons (Fsp3) is 0.222. The van der Waals surface area contributed by atoms with Crippen LogP contribution in [0.1, 0.15) is 19.9 Å². The third-order valence-electron chi connectivity index (χ3n) is 4.40. The van der Waals surface area contributed by atoms with Gasteiger partial charge in [0.15, 0.2) is 5.58 Å². The molecule has 0 fully saturated rings. The maximum absolute atomic E-state index is 12.2. The van der Waals surface area contributed by atoms with Gasteiger partial charge in [0.05, 0.1) is 12.0 Å². The van der Waals surface area contributed by atoms with Crippen molar-refractivity contribution >= 4 is 39.9 Å². The zero-order valence-electron chi connectivity index (χ0n) is 14.8. The van der Waals surface area contributed by atoms with Gasteiger partial charge in [-0.05, 0) is 31.5 Å². The molecule has 4 aromatic rings. The molecule has 0 spiro atoms. The second-order valence-corrected chi connectivity index (χ2v) is 6.07. The molecule has 0 radical (unpaired) electrons. The van der Waals surface area contributed by atoms with E-state index in [-0.39, 0.29) is 12.0 Å². The molecule has 4 rings (SSSR count). The smallest absolute Gasteiger partial charge is 0.328 e. The lowest BCUT2D eigenvalue weighted by Crippen LogP contribution is -2.18. The van der Waals surface area contributed by atoms with Crippen molar-refractivity contribution in [1.29, 1.82) is 0 Å². The Morgan fingerprint density at radius 1 is 1.33 bits per heavy atom. The Bertz CT molecular complexity index is 1160. The molecule has 0 bridgehead atoms. The summed E-state index contributed by atoms with van der Waals surface area (Å²) in [5, 5.41) is 0.657. The normalized spacial score (nSPS) is 12.5. The number of hydrogen-bond acceptors (Lipinski definition) is 8. The second-order valence-electron chi connectivity index (χ2n) is 6.07. The number of carbonyl (C=O) groups is 1. The predicted octanol–water partition coefficient (Wildman–Crippen LogP) is 2.53. The van der Waals surface area contributed by atoms with E-state index in [1.165, 1.54) is 6.33 Å². The molecule has 0 aliphatic carbocycles. The quantitative estimate of drug-likeness (QED) is 0.526. The number of fused-ring (bicyclic) bond motifs is 2. The summed E-state index contributed by atoms with van der Waals surface area (Å²) in [5.41, 5.74) is 15.1. The van der Waals surface area contributed by atoms with Crippen molar-refractivity contribution < 1.29 is 13.9 Å². The molecule has 0 aliphatic heterocycles. The van der Waals surface area contributed by atoms with Crippen LogP contribution in [0.3, 0.4) is 0 Å². The topological polar surface area (TPSA) is 135 Å². The van der Waals surface area contributed by atoms with Gasteiger partial charge in [-0.2, -0.15) is 4.98 Å². The molecule has 0 saturated heterocycles. The van der Waals surface area contributed by atoms with Crippen LogP contribution in [0.25, 0.3) is 33.3 Å². The van der Waals surface area contributed by atoms with Crippen LogP contribution in [0.4, 0.5) is 11.8 Å². The molecule has 9 nitrogen and oxygen atoms in total. The van der Waals surface area contributed by atoms with E-state index in [1.807, 2.05) is 18.3 Å². The van der Waals surface area contributed by atoms with Crippen LogP contribution in [0.2, 0.25) is 0 Å². The molecule has 27 heavy (non-hydrogen) atoms. The summed E-state index contributed by atoms with van der Waals surface area (Å²) in [6, 6.07) is 5.03. The Kier molecular flexibility index (Phi) is 3.91. The Hall–Kier alpha value is -3.62. The molecule has 0 aliphatic rings. The fourth-order valence-electron chi connectivity index (χ4n) is 3.11. The number of rotatable bonds is 4. The molecule has 9 heteroatoms. The van der Waals surface area contributed by atoms with Gasteiger partial charge in [-0.1, -0.05) is 6.07 Å². The number of oxazole rings is 1. The maximum Gasteiger partial charge on any atom is 0.328 e. The number of hydrogen-bond donors (Lipinski definition) is 2. The summed E-state index contributed by atoms with van der Waals surface area (Å²) in [4.78, 5) is 24.8. The van der Waals surface area contributed by atoms with Crippen molar-refractivity contribution in [3.8, 4) is 11.1 Å². The fourth-order valence-corrected chi connectivity index (χ4v) is 3.11. The monoisotopic (exact) mass is 366 g/mol. The lowest BCUT2D eigenvalue weighted by atomic mass is 10.1.